The van der Waals surface area contributed by atoms with Crippen LogP contribution >= 0.6 is 11.8 Å². The third-order valence-corrected chi connectivity index (χ3v) is 6.74. The summed E-state index contributed by atoms with van der Waals surface area (Å²) in [6.07, 6.45) is 6.15. The van der Waals surface area contributed by atoms with Crippen LogP contribution in [0.1, 0.15) is 49.4 Å². The Kier molecular flexibility index (Phi) is 10.3. The van der Waals surface area contributed by atoms with Crippen LogP contribution < -0.4 is 20.7 Å². The van der Waals surface area contributed by atoms with Gasteiger partial charge >= 0.3 is 0 Å². The molecule has 7 nitrogen and oxygen atoms in total. The molecule has 1 saturated carbocycles. The van der Waals surface area contributed by atoms with Crippen LogP contribution in [0, 0.1) is 5.92 Å². The normalized spacial score (nSPS) is 13.7. The third-order valence-electron chi connectivity index (χ3n) is 5.66. The first-order valence-corrected chi connectivity index (χ1v) is 12.8. The summed E-state index contributed by atoms with van der Waals surface area (Å²) < 4.78 is 5.38. The lowest BCUT2D eigenvalue weighted by Crippen LogP contribution is -2.33. The Balaban J connectivity index is 1.44. The van der Waals surface area contributed by atoms with Crippen molar-refractivity contribution < 1.29 is 19.1 Å². The number of hydrogen-bond donors (Lipinski definition) is 3. The third kappa shape index (κ3) is 8.41. The van der Waals surface area contributed by atoms with Crippen LogP contribution in [-0.4, -0.2) is 43.2 Å². The average molecular weight is 484 g/mol. The molecule has 3 rings (SSSR count). The fourth-order valence-electron chi connectivity index (χ4n) is 3.89. The SMILES string of the molecule is CCOc1ccc(NC(=O)CNC(=O)c2ccccc2SCC(=O)NCC2CCCCC2)cc1. The van der Waals surface area contributed by atoms with Gasteiger partial charge in [-0.05, 0) is 62.1 Å². The van der Waals surface area contributed by atoms with Crippen molar-refractivity contribution in [2.24, 2.45) is 5.92 Å². The molecule has 182 valence electrons. The maximum absolute atomic E-state index is 12.7. The molecular weight excluding hydrogens is 450 g/mol. The Bertz CT molecular complexity index is 959. The summed E-state index contributed by atoms with van der Waals surface area (Å²) in [6.45, 7) is 3.04. The molecule has 0 heterocycles. The van der Waals surface area contributed by atoms with Gasteiger partial charge in [0.05, 0.1) is 24.5 Å². The molecule has 0 bridgehead atoms. The summed E-state index contributed by atoms with van der Waals surface area (Å²) in [6, 6.07) is 14.1. The monoisotopic (exact) mass is 483 g/mol. The topological polar surface area (TPSA) is 96.5 Å². The van der Waals surface area contributed by atoms with Crippen molar-refractivity contribution in [2.45, 2.75) is 43.9 Å². The Morgan fingerprint density at radius 2 is 1.68 bits per heavy atom. The van der Waals surface area contributed by atoms with Gasteiger partial charge in [-0.2, -0.15) is 0 Å². The maximum atomic E-state index is 12.7. The predicted octanol–water partition coefficient (Wildman–Crippen LogP) is 4.24. The van der Waals surface area contributed by atoms with Gasteiger partial charge in [0, 0.05) is 17.1 Å². The Hall–Kier alpha value is -3.00. The van der Waals surface area contributed by atoms with Gasteiger partial charge in [0.1, 0.15) is 5.75 Å². The predicted molar refractivity (Wildman–Crippen MR) is 135 cm³/mol. The zero-order chi connectivity index (χ0) is 24.2. The van der Waals surface area contributed by atoms with Crippen molar-refractivity contribution >= 4 is 35.2 Å². The molecule has 0 aromatic heterocycles. The highest BCUT2D eigenvalue weighted by Gasteiger charge is 2.16. The number of thioether (sulfide) groups is 1. The van der Waals surface area contributed by atoms with E-state index in [1.807, 2.05) is 19.1 Å². The summed E-state index contributed by atoms with van der Waals surface area (Å²) >= 11 is 1.33. The number of carbonyl (C=O) groups is 3. The minimum Gasteiger partial charge on any atom is -0.494 e. The van der Waals surface area contributed by atoms with Gasteiger partial charge in [0.2, 0.25) is 11.8 Å². The summed E-state index contributed by atoms with van der Waals surface area (Å²) in [5.74, 6) is 0.841. The summed E-state index contributed by atoms with van der Waals surface area (Å²) in [7, 11) is 0. The van der Waals surface area contributed by atoms with E-state index in [0.29, 0.717) is 28.7 Å². The van der Waals surface area contributed by atoms with E-state index in [1.165, 1.54) is 43.9 Å². The van der Waals surface area contributed by atoms with Gasteiger partial charge in [-0.1, -0.05) is 31.4 Å². The highest BCUT2D eigenvalue weighted by molar-refractivity contribution is 8.00. The van der Waals surface area contributed by atoms with Crippen molar-refractivity contribution in [1.82, 2.24) is 10.6 Å². The lowest BCUT2D eigenvalue weighted by atomic mass is 9.89. The van der Waals surface area contributed by atoms with Crippen LogP contribution in [0.3, 0.4) is 0 Å². The van der Waals surface area contributed by atoms with Crippen molar-refractivity contribution in [3.8, 4) is 5.75 Å². The van der Waals surface area contributed by atoms with Crippen LogP contribution in [0.5, 0.6) is 5.75 Å². The van der Waals surface area contributed by atoms with Crippen molar-refractivity contribution in [1.29, 1.82) is 0 Å². The molecule has 3 amide bonds. The lowest BCUT2D eigenvalue weighted by Gasteiger charge is -2.21. The first kappa shape index (κ1) is 25.6. The van der Waals surface area contributed by atoms with Crippen LogP contribution in [0.25, 0.3) is 0 Å². The number of carbonyl (C=O) groups excluding carboxylic acids is 3. The molecule has 8 heteroatoms. The lowest BCUT2D eigenvalue weighted by molar-refractivity contribution is -0.118. The molecule has 0 spiro atoms. The Morgan fingerprint density at radius 1 is 0.941 bits per heavy atom. The standard InChI is InChI=1S/C26H33N3O4S/c1-2-33-21-14-12-20(13-15-21)29-24(30)17-28-26(32)22-10-6-7-11-23(22)34-18-25(31)27-16-19-8-4-3-5-9-19/h6-7,10-15,19H,2-5,8-9,16-18H2,1H3,(H,27,31)(H,28,32)(H,29,30). The Labute approximate surface area is 205 Å². The first-order chi connectivity index (χ1) is 16.5. The second-order valence-corrected chi connectivity index (χ2v) is 9.30. The number of amides is 3. The number of hydrogen-bond acceptors (Lipinski definition) is 5. The molecule has 1 aliphatic rings. The number of nitrogens with one attached hydrogen (secondary N) is 3. The van der Waals surface area contributed by atoms with E-state index in [4.69, 9.17) is 4.74 Å². The molecule has 0 radical (unpaired) electrons. The van der Waals surface area contributed by atoms with Crippen molar-refractivity contribution in [2.75, 3.05) is 30.8 Å². The number of rotatable bonds is 11. The van der Waals surface area contributed by atoms with Gasteiger partial charge in [-0.3, -0.25) is 14.4 Å². The molecule has 2 aromatic carbocycles. The molecule has 34 heavy (non-hydrogen) atoms. The molecule has 0 atom stereocenters. The highest BCUT2D eigenvalue weighted by Crippen LogP contribution is 2.24. The van der Waals surface area contributed by atoms with Crippen molar-refractivity contribution in [3.05, 3.63) is 54.1 Å². The van der Waals surface area contributed by atoms with Crippen LogP contribution in [0.4, 0.5) is 5.69 Å². The van der Waals surface area contributed by atoms with E-state index in [0.717, 1.165) is 12.3 Å². The summed E-state index contributed by atoms with van der Waals surface area (Å²) in [4.78, 5) is 37.9. The largest absolute Gasteiger partial charge is 0.494 e. The minimum absolute atomic E-state index is 0.0273. The highest BCUT2D eigenvalue weighted by atomic mass is 32.2. The molecule has 0 saturated heterocycles. The van der Waals surface area contributed by atoms with Crippen molar-refractivity contribution in [3.63, 3.8) is 0 Å². The van der Waals surface area contributed by atoms with E-state index in [1.54, 1.807) is 36.4 Å². The van der Waals surface area contributed by atoms with E-state index < -0.39 is 0 Å². The van der Waals surface area contributed by atoms with Crippen LogP contribution in [0.2, 0.25) is 0 Å². The molecular formula is C26H33N3O4S. The second kappa shape index (κ2) is 13.6. The second-order valence-electron chi connectivity index (χ2n) is 8.28. The minimum atomic E-state index is -0.354. The van der Waals surface area contributed by atoms with Gasteiger partial charge in [-0.25, -0.2) is 0 Å². The molecule has 0 unspecified atom stereocenters. The smallest absolute Gasteiger partial charge is 0.252 e. The molecule has 3 N–H and O–H groups in total. The van der Waals surface area contributed by atoms with Gasteiger partial charge < -0.3 is 20.7 Å². The number of anilines is 1. The maximum Gasteiger partial charge on any atom is 0.252 e. The van der Waals surface area contributed by atoms with Gasteiger partial charge in [-0.15, -0.1) is 11.8 Å². The number of benzene rings is 2. The summed E-state index contributed by atoms with van der Waals surface area (Å²) in [5, 5.41) is 8.43. The van der Waals surface area contributed by atoms with Gasteiger partial charge in [0.15, 0.2) is 0 Å². The number of ether oxygens (including phenoxy) is 1. The van der Waals surface area contributed by atoms with Crippen LogP contribution in [-0.2, 0) is 9.59 Å². The average Bonchev–Trinajstić information content (AvgIpc) is 2.87. The fraction of sp³-hybridized carbons (Fsp3) is 0.423. The van der Waals surface area contributed by atoms with E-state index >= 15 is 0 Å². The zero-order valence-electron chi connectivity index (χ0n) is 19.6. The van der Waals surface area contributed by atoms with Crippen LogP contribution in [0.15, 0.2) is 53.4 Å². The van der Waals surface area contributed by atoms with E-state index in [-0.39, 0.29) is 30.0 Å². The molecule has 1 aliphatic carbocycles. The molecule has 2 aromatic rings. The van der Waals surface area contributed by atoms with Gasteiger partial charge in [0.25, 0.3) is 5.91 Å². The van der Waals surface area contributed by atoms with E-state index in [2.05, 4.69) is 16.0 Å². The van der Waals surface area contributed by atoms with E-state index in [9.17, 15) is 14.4 Å². The molecule has 0 aliphatic heterocycles. The molecule has 1 fully saturated rings. The summed E-state index contributed by atoms with van der Waals surface area (Å²) in [5.41, 5.74) is 1.07. The quantitative estimate of drug-likeness (QED) is 0.416. The Morgan fingerprint density at radius 3 is 2.41 bits per heavy atom. The fourth-order valence-corrected chi connectivity index (χ4v) is 4.77. The zero-order valence-corrected chi connectivity index (χ0v) is 20.4. The first-order valence-electron chi connectivity index (χ1n) is 11.8.